The van der Waals surface area contributed by atoms with Crippen LogP contribution >= 0.6 is 0 Å². The van der Waals surface area contributed by atoms with Crippen LogP contribution in [0.15, 0.2) is 18.2 Å². The maximum Gasteiger partial charge on any atom is 0.123 e. The number of anilines is 1. The maximum atomic E-state index is 13.2. The molecule has 94 valence electrons. The van der Waals surface area contributed by atoms with Gasteiger partial charge in [-0.3, -0.25) is 0 Å². The molecule has 1 aliphatic rings. The highest BCUT2D eigenvalue weighted by atomic mass is 19.1. The van der Waals surface area contributed by atoms with E-state index in [2.05, 4.69) is 0 Å². The molecule has 1 aromatic rings. The van der Waals surface area contributed by atoms with Crippen LogP contribution in [0.25, 0.3) is 0 Å². The minimum atomic E-state index is -0.716. The van der Waals surface area contributed by atoms with Gasteiger partial charge < -0.3 is 15.1 Å². The fraction of sp³-hybridized carbons (Fsp3) is 0.538. The lowest BCUT2D eigenvalue weighted by Crippen LogP contribution is -2.30. The highest BCUT2D eigenvalue weighted by Crippen LogP contribution is 2.32. The van der Waals surface area contributed by atoms with Crippen LogP contribution < -0.4 is 4.90 Å². The molecule has 0 saturated carbocycles. The Kier molecular flexibility index (Phi) is 3.10. The molecular weight excluding hydrogens is 221 g/mol. The van der Waals surface area contributed by atoms with E-state index in [1.165, 1.54) is 12.1 Å². The van der Waals surface area contributed by atoms with Gasteiger partial charge in [0.05, 0.1) is 11.7 Å². The zero-order chi connectivity index (χ0) is 12.6. The molecule has 0 spiro atoms. The predicted molar refractivity (Wildman–Crippen MR) is 64.5 cm³/mol. The van der Waals surface area contributed by atoms with Crippen molar-refractivity contribution in [1.82, 2.24) is 0 Å². The second kappa shape index (κ2) is 4.27. The third kappa shape index (κ3) is 2.58. The average molecular weight is 239 g/mol. The summed E-state index contributed by atoms with van der Waals surface area (Å²) in [6.07, 6.45) is -0.0323. The van der Waals surface area contributed by atoms with Gasteiger partial charge in [-0.25, -0.2) is 4.39 Å². The lowest BCUT2D eigenvalue weighted by atomic mass is 10.1. The van der Waals surface area contributed by atoms with Crippen molar-refractivity contribution in [3.63, 3.8) is 0 Å². The predicted octanol–water partition coefficient (Wildman–Crippen LogP) is 1.84. The van der Waals surface area contributed by atoms with E-state index in [1.54, 1.807) is 19.9 Å². The van der Waals surface area contributed by atoms with E-state index in [-0.39, 0.29) is 5.82 Å². The molecule has 0 bridgehead atoms. The quantitative estimate of drug-likeness (QED) is 0.827. The van der Waals surface area contributed by atoms with Gasteiger partial charge in [0.1, 0.15) is 5.82 Å². The number of nitrogens with zero attached hydrogens (tertiary/aromatic N) is 1. The van der Waals surface area contributed by atoms with Crippen molar-refractivity contribution in [1.29, 1.82) is 0 Å². The summed E-state index contributed by atoms with van der Waals surface area (Å²) in [7, 11) is 0. The summed E-state index contributed by atoms with van der Waals surface area (Å²) in [6.45, 7) is 4.64. The molecule has 0 aromatic heterocycles. The van der Waals surface area contributed by atoms with Crippen molar-refractivity contribution in [2.75, 3.05) is 18.0 Å². The molecule has 1 heterocycles. The first kappa shape index (κ1) is 12.3. The van der Waals surface area contributed by atoms with Gasteiger partial charge in [0.25, 0.3) is 0 Å². The second-order valence-corrected chi connectivity index (χ2v) is 5.05. The first-order valence-corrected chi connectivity index (χ1v) is 5.84. The van der Waals surface area contributed by atoms with E-state index in [0.717, 1.165) is 12.2 Å². The Morgan fingerprint density at radius 2 is 2.18 bits per heavy atom. The third-order valence-corrected chi connectivity index (χ3v) is 3.23. The first-order valence-electron chi connectivity index (χ1n) is 5.84. The molecule has 0 amide bonds. The summed E-state index contributed by atoms with van der Waals surface area (Å²) in [5.41, 5.74) is 0.673. The van der Waals surface area contributed by atoms with E-state index >= 15 is 0 Å². The summed E-state index contributed by atoms with van der Waals surface area (Å²) >= 11 is 0. The van der Waals surface area contributed by atoms with E-state index < -0.39 is 11.7 Å². The van der Waals surface area contributed by atoms with Gasteiger partial charge in [0, 0.05) is 24.3 Å². The number of hydrogen-bond donors (Lipinski definition) is 2. The van der Waals surface area contributed by atoms with Gasteiger partial charge >= 0.3 is 0 Å². The van der Waals surface area contributed by atoms with Crippen molar-refractivity contribution in [2.45, 2.75) is 32.0 Å². The molecule has 0 radical (unpaired) electrons. The minimum absolute atomic E-state index is 0.351. The van der Waals surface area contributed by atoms with Crippen molar-refractivity contribution < 1.29 is 14.6 Å². The van der Waals surface area contributed by atoms with E-state index in [1.807, 2.05) is 4.90 Å². The average Bonchev–Trinajstić information content (AvgIpc) is 2.58. The van der Waals surface area contributed by atoms with Gasteiger partial charge in [0.15, 0.2) is 0 Å². The van der Waals surface area contributed by atoms with Crippen LogP contribution in [-0.4, -0.2) is 28.9 Å². The lowest BCUT2D eigenvalue weighted by Gasteiger charge is -2.24. The molecule has 1 fully saturated rings. The topological polar surface area (TPSA) is 43.7 Å². The first-order chi connectivity index (χ1) is 7.89. The highest BCUT2D eigenvalue weighted by Gasteiger charge is 2.32. The summed E-state index contributed by atoms with van der Waals surface area (Å²) in [6, 6.07) is 4.40. The number of rotatable bonds is 2. The molecular formula is C13H18FNO2. The number of aliphatic hydroxyl groups excluding tert-OH is 1. The van der Waals surface area contributed by atoms with Crippen molar-refractivity contribution in [3.8, 4) is 0 Å². The number of β-amino-alcohol motifs (C(OH)–C–C–N with tert-alkyl or cyclic N) is 1. The maximum absolute atomic E-state index is 13.2. The molecule has 1 aromatic carbocycles. The number of hydrogen-bond acceptors (Lipinski definition) is 3. The third-order valence-electron chi connectivity index (χ3n) is 3.23. The normalized spacial score (nSPS) is 26.3. The fourth-order valence-electron chi connectivity index (χ4n) is 2.30. The zero-order valence-corrected chi connectivity index (χ0v) is 10.2. The molecule has 1 saturated heterocycles. The Bertz CT molecular complexity index is 418. The fourth-order valence-corrected chi connectivity index (χ4v) is 2.30. The molecule has 0 aliphatic carbocycles. The number of benzene rings is 1. The Balaban J connectivity index is 2.33. The van der Waals surface area contributed by atoms with Crippen LogP contribution in [0.3, 0.4) is 0 Å². The molecule has 4 heteroatoms. The highest BCUT2D eigenvalue weighted by molar-refractivity contribution is 5.56. The van der Waals surface area contributed by atoms with Gasteiger partial charge in [-0.15, -0.1) is 0 Å². The monoisotopic (exact) mass is 239 g/mol. The van der Waals surface area contributed by atoms with Gasteiger partial charge in [-0.2, -0.15) is 0 Å². The zero-order valence-electron chi connectivity index (χ0n) is 10.2. The Labute approximate surface area is 100 Å². The van der Waals surface area contributed by atoms with E-state index in [4.69, 9.17) is 0 Å². The van der Waals surface area contributed by atoms with Crippen LogP contribution in [-0.2, 0) is 0 Å². The molecule has 3 nitrogen and oxygen atoms in total. The van der Waals surface area contributed by atoms with Crippen LogP contribution in [0.2, 0.25) is 0 Å². The number of halogens is 1. The van der Waals surface area contributed by atoms with Gasteiger partial charge in [-0.1, -0.05) is 0 Å². The van der Waals surface area contributed by atoms with Gasteiger partial charge in [0.2, 0.25) is 0 Å². The molecule has 17 heavy (non-hydrogen) atoms. The molecule has 1 aliphatic heterocycles. The largest absolute Gasteiger partial charge is 0.389 e. The molecule has 2 atom stereocenters. The standard InChI is InChI=1S/C13H18FNO2/c1-9(16)11-7-10(14)3-4-12(11)15-6-5-13(2,17)8-15/h3-4,7,9,16-17H,5-6,8H2,1-2H3. The van der Waals surface area contributed by atoms with Crippen LogP contribution in [0.5, 0.6) is 0 Å². The summed E-state index contributed by atoms with van der Waals surface area (Å²) in [5, 5.41) is 19.6. The van der Waals surface area contributed by atoms with Gasteiger partial charge in [-0.05, 0) is 38.5 Å². The van der Waals surface area contributed by atoms with E-state index in [9.17, 15) is 14.6 Å². The smallest absolute Gasteiger partial charge is 0.123 e. The van der Waals surface area contributed by atoms with Crippen molar-refractivity contribution in [3.05, 3.63) is 29.6 Å². The van der Waals surface area contributed by atoms with E-state index in [0.29, 0.717) is 18.5 Å². The van der Waals surface area contributed by atoms with Crippen LogP contribution in [0, 0.1) is 5.82 Å². The van der Waals surface area contributed by atoms with Crippen molar-refractivity contribution >= 4 is 5.69 Å². The molecule has 2 N–H and O–H groups in total. The lowest BCUT2D eigenvalue weighted by molar-refractivity contribution is 0.0839. The second-order valence-electron chi connectivity index (χ2n) is 5.05. The SMILES string of the molecule is CC(O)c1cc(F)ccc1N1CCC(C)(O)C1. The summed E-state index contributed by atoms with van der Waals surface area (Å²) in [4.78, 5) is 1.99. The summed E-state index contributed by atoms with van der Waals surface area (Å²) in [5.74, 6) is -0.351. The molecule has 2 rings (SSSR count). The number of aliphatic hydroxyl groups is 2. The molecule has 2 unspecified atom stereocenters. The summed E-state index contributed by atoms with van der Waals surface area (Å²) < 4.78 is 13.2. The van der Waals surface area contributed by atoms with Crippen molar-refractivity contribution in [2.24, 2.45) is 0 Å². The van der Waals surface area contributed by atoms with Crippen LogP contribution in [0.1, 0.15) is 31.9 Å². The minimum Gasteiger partial charge on any atom is -0.389 e. The Morgan fingerprint density at radius 1 is 1.47 bits per heavy atom. The Morgan fingerprint density at radius 3 is 2.71 bits per heavy atom. The Hall–Kier alpha value is -1.13. The van der Waals surface area contributed by atoms with Crippen LogP contribution in [0.4, 0.5) is 10.1 Å².